The van der Waals surface area contributed by atoms with Gasteiger partial charge in [0.2, 0.25) is 5.91 Å². The molecule has 0 aromatic carbocycles. The molecule has 0 spiro atoms. The van der Waals surface area contributed by atoms with Crippen molar-refractivity contribution in [3.63, 3.8) is 0 Å². The number of halogens is 3. The average Bonchev–Trinajstić information content (AvgIpc) is 2.50. The van der Waals surface area contributed by atoms with Crippen LogP contribution in [0.4, 0.5) is 18.0 Å². The van der Waals surface area contributed by atoms with Crippen molar-refractivity contribution in [1.82, 2.24) is 9.80 Å². The second kappa shape index (κ2) is 8.30. The molecule has 2 rings (SSSR count). The summed E-state index contributed by atoms with van der Waals surface area (Å²) >= 11 is 3.82. The lowest BCUT2D eigenvalue weighted by Gasteiger charge is -2.55. The van der Waals surface area contributed by atoms with E-state index in [1.165, 1.54) is 4.90 Å². The SMILES string of the molecule is CC(OS)C1C2CC(CC(C)N2C(=O)OC(C)(C)C)CN1C(=O)CC(F)(F)F. The van der Waals surface area contributed by atoms with Crippen LogP contribution in [0.2, 0.25) is 0 Å². The largest absolute Gasteiger partial charge is 0.444 e. The van der Waals surface area contributed by atoms with Crippen LogP contribution in [0.15, 0.2) is 0 Å². The van der Waals surface area contributed by atoms with Gasteiger partial charge in [0.05, 0.1) is 18.2 Å². The van der Waals surface area contributed by atoms with Crippen LogP contribution in [0, 0.1) is 5.92 Å². The number of carbonyl (C=O) groups is 2. The van der Waals surface area contributed by atoms with Gasteiger partial charge in [0.25, 0.3) is 0 Å². The quantitative estimate of drug-likeness (QED) is 0.551. The highest BCUT2D eigenvalue weighted by Gasteiger charge is 2.51. The summed E-state index contributed by atoms with van der Waals surface area (Å²) in [5.74, 6) is -0.998. The van der Waals surface area contributed by atoms with Gasteiger partial charge in [-0.15, -0.1) is 0 Å². The third-order valence-electron chi connectivity index (χ3n) is 5.21. The molecule has 10 heteroatoms. The van der Waals surface area contributed by atoms with Gasteiger partial charge in [-0.05, 0) is 66.3 Å². The summed E-state index contributed by atoms with van der Waals surface area (Å²) in [7, 11) is 0. The summed E-state index contributed by atoms with van der Waals surface area (Å²) in [6, 6.07) is -1.40. The fourth-order valence-electron chi connectivity index (χ4n) is 4.33. The van der Waals surface area contributed by atoms with Crippen molar-refractivity contribution in [2.45, 2.75) is 89.9 Å². The van der Waals surface area contributed by atoms with Crippen molar-refractivity contribution in [3.8, 4) is 0 Å². The van der Waals surface area contributed by atoms with E-state index in [0.29, 0.717) is 12.8 Å². The van der Waals surface area contributed by atoms with Crippen molar-refractivity contribution in [2.75, 3.05) is 6.54 Å². The molecule has 2 fully saturated rings. The third-order valence-corrected chi connectivity index (χ3v) is 5.55. The number of nitrogens with zero attached hydrogens (tertiary/aromatic N) is 2. The van der Waals surface area contributed by atoms with E-state index < -0.39 is 48.4 Å². The second-order valence-electron chi connectivity index (χ2n) is 8.78. The predicted molar refractivity (Wildman–Crippen MR) is 99.8 cm³/mol. The molecule has 0 radical (unpaired) electrons. The standard InChI is InChI=1S/C18H29F3N2O4S/c1-10-6-12-7-13(23(10)16(25)26-17(3,4)5)15(11(2)27-28)22(9-12)14(24)8-18(19,20)21/h10-13,15,28H,6-9H2,1-5H3. The molecule has 0 aromatic heterocycles. The van der Waals surface area contributed by atoms with Gasteiger partial charge in [-0.1, -0.05) is 0 Å². The Morgan fingerprint density at radius 3 is 2.32 bits per heavy atom. The van der Waals surface area contributed by atoms with Gasteiger partial charge in [0, 0.05) is 12.6 Å². The maximum absolute atomic E-state index is 12.8. The zero-order chi connectivity index (χ0) is 21.4. The minimum Gasteiger partial charge on any atom is -0.444 e. The predicted octanol–water partition coefficient (Wildman–Crippen LogP) is 3.80. The van der Waals surface area contributed by atoms with Gasteiger partial charge in [0.15, 0.2) is 0 Å². The first-order chi connectivity index (χ1) is 12.7. The average molecular weight is 427 g/mol. The first kappa shape index (κ1) is 23.1. The van der Waals surface area contributed by atoms with Crippen LogP contribution in [-0.4, -0.2) is 64.4 Å². The summed E-state index contributed by atoms with van der Waals surface area (Å²) in [4.78, 5) is 28.1. The van der Waals surface area contributed by atoms with Crippen molar-refractivity contribution in [1.29, 1.82) is 0 Å². The molecule has 5 unspecified atom stereocenters. The van der Waals surface area contributed by atoms with Gasteiger partial charge in [0.1, 0.15) is 12.0 Å². The fourth-order valence-corrected chi connectivity index (χ4v) is 4.46. The van der Waals surface area contributed by atoms with E-state index in [4.69, 9.17) is 8.92 Å². The van der Waals surface area contributed by atoms with E-state index in [1.807, 2.05) is 6.92 Å². The Hall–Kier alpha value is -1.16. The molecule has 0 saturated carbocycles. The van der Waals surface area contributed by atoms with Crippen LogP contribution in [0.5, 0.6) is 0 Å². The highest BCUT2D eigenvalue weighted by molar-refractivity contribution is 7.75. The van der Waals surface area contributed by atoms with E-state index in [2.05, 4.69) is 12.9 Å². The number of carbonyl (C=O) groups excluding carboxylic acids is 2. The molecule has 162 valence electrons. The van der Waals surface area contributed by atoms with E-state index >= 15 is 0 Å². The summed E-state index contributed by atoms with van der Waals surface area (Å²) in [5.41, 5.74) is -0.713. The molecule has 2 aliphatic heterocycles. The zero-order valence-electron chi connectivity index (χ0n) is 16.8. The molecule has 2 amide bonds. The molecular weight excluding hydrogens is 397 g/mol. The lowest BCUT2D eigenvalue weighted by molar-refractivity contribution is -0.171. The molecule has 2 aliphatic rings. The Kier molecular flexibility index (Phi) is 6.85. The van der Waals surface area contributed by atoms with Crippen LogP contribution in [0.3, 0.4) is 0 Å². The van der Waals surface area contributed by atoms with Crippen LogP contribution in [0.25, 0.3) is 0 Å². The van der Waals surface area contributed by atoms with Gasteiger partial charge in [-0.3, -0.25) is 4.79 Å². The Labute approximate surface area is 169 Å². The van der Waals surface area contributed by atoms with Gasteiger partial charge in [-0.25, -0.2) is 4.79 Å². The Morgan fingerprint density at radius 2 is 1.82 bits per heavy atom. The number of hydrogen-bond acceptors (Lipinski definition) is 5. The molecule has 5 atom stereocenters. The fraction of sp³-hybridized carbons (Fsp3) is 0.889. The Morgan fingerprint density at radius 1 is 1.21 bits per heavy atom. The molecule has 6 nitrogen and oxygen atoms in total. The second-order valence-corrected chi connectivity index (χ2v) is 8.99. The lowest BCUT2D eigenvalue weighted by atomic mass is 9.77. The number of piperidine rings is 2. The molecule has 0 aromatic rings. The zero-order valence-corrected chi connectivity index (χ0v) is 17.7. The number of amides is 2. The highest BCUT2D eigenvalue weighted by Crippen LogP contribution is 2.39. The maximum atomic E-state index is 12.8. The summed E-state index contributed by atoms with van der Waals surface area (Å²) in [6.45, 7) is 8.99. The van der Waals surface area contributed by atoms with Gasteiger partial charge in [-0.2, -0.15) is 13.2 Å². The number of thiol groups is 1. The van der Waals surface area contributed by atoms with E-state index in [0.717, 1.165) is 0 Å². The lowest BCUT2D eigenvalue weighted by Crippen LogP contribution is -2.68. The number of alkyl halides is 3. The van der Waals surface area contributed by atoms with E-state index in [9.17, 15) is 22.8 Å². The first-order valence-electron chi connectivity index (χ1n) is 9.41. The number of rotatable bonds is 3. The molecule has 0 N–H and O–H groups in total. The van der Waals surface area contributed by atoms with E-state index in [1.54, 1.807) is 32.6 Å². The highest BCUT2D eigenvalue weighted by atomic mass is 32.1. The number of fused-ring (bicyclic) bond motifs is 2. The molecular formula is C18H29F3N2O4S. The van der Waals surface area contributed by atoms with Crippen molar-refractivity contribution < 1.29 is 31.7 Å². The molecule has 2 bridgehead atoms. The summed E-state index contributed by atoms with van der Waals surface area (Å²) < 4.78 is 49.1. The van der Waals surface area contributed by atoms with Crippen molar-refractivity contribution in [2.24, 2.45) is 5.92 Å². The van der Waals surface area contributed by atoms with Crippen molar-refractivity contribution in [3.05, 3.63) is 0 Å². The monoisotopic (exact) mass is 426 g/mol. The smallest absolute Gasteiger partial charge is 0.410 e. The molecule has 28 heavy (non-hydrogen) atoms. The Balaban J connectivity index is 2.36. The normalized spacial score (nSPS) is 29.5. The number of ether oxygens (including phenoxy) is 1. The van der Waals surface area contributed by atoms with Crippen LogP contribution >= 0.6 is 12.9 Å². The van der Waals surface area contributed by atoms with E-state index in [-0.39, 0.29) is 18.5 Å². The first-order valence-corrected chi connectivity index (χ1v) is 9.77. The Bertz CT molecular complexity index is 596. The summed E-state index contributed by atoms with van der Waals surface area (Å²) in [5, 5.41) is 0. The topological polar surface area (TPSA) is 59.1 Å². The molecule has 0 aliphatic carbocycles. The van der Waals surface area contributed by atoms with Gasteiger partial charge < -0.3 is 18.7 Å². The molecule has 2 heterocycles. The molecule has 2 saturated heterocycles. The van der Waals surface area contributed by atoms with Crippen LogP contribution < -0.4 is 0 Å². The number of hydrogen-bond donors (Lipinski definition) is 1. The minimum absolute atomic E-state index is 0.0132. The van der Waals surface area contributed by atoms with Gasteiger partial charge >= 0.3 is 12.3 Å². The summed E-state index contributed by atoms with van der Waals surface area (Å²) in [6.07, 6.45) is -6.17. The van der Waals surface area contributed by atoms with Crippen LogP contribution in [-0.2, 0) is 13.7 Å². The maximum Gasteiger partial charge on any atom is 0.410 e. The minimum atomic E-state index is -4.60. The van der Waals surface area contributed by atoms with Crippen LogP contribution in [0.1, 0.15) is 53.9 Å². The number of likely N-dealkylation sites (tertiary alicyclic amines) is 2. The van der Waals surface area contributed by atoms with Crippen molar-refractivity contribution >= 4 is 24.9 Å². The third kappa shape index (κ3) is 5.46.